The molecule has 18 heavy (non-hydrogen) atoms. The van der Waals surface area contributed by atoms with Gasteiger partial charge in [-0.25, -0.2) is 0 Å². The Balaban J connectivity index is 2.02. The highest BCUT2D eigenvalue weighted by Crippen LogP contribution is 2.19. The summed E-state index contributed by atoms with van der Waals surface area (Å²) in [6, 6.07) is 6.18. The van der Waals surface area contributed by atoms with E-state index < -0.39 is 0 Å². The van der Waals surface area contributed by atoms with Crippen molar-refractivity contribution in [2.24, 2.45) is 0 Å². The van der Waals surface area contributed by atoms with Gasteiger partial charge in [-0.3, -0.25) is 9.69 Å². The molecule has 4 heteroatoms. The molecule has 0 saturated carbocycles. The zero-order chi connectivity index (χ0) is 13.0. The van der Waals surface area contributed by atoms with Crippen molar-refractivity contribution >= 4 is 23.2 Å². The van der Waals surface area contributed by atoms with Gasteiger partial charge in [0.05, 0.1) is 0 Å². The van der Waals surface area contributed by atoms with Crippen LogP contribution >= 0.6 is 11.6 Å². The van der Waals surface area contributed by atoms with E-state index in [2.05, 4.69) is 22.3 Å². The minimum absolute atomic E-state index is 0.00499. The number of amides is 1. The molecule has 1 saturated heterocycles. The largest absolute Gasteiger partial charge is 0.325 e. The Bertz CT molecular complexity index is 428. The molecule has 3 nitrogen and oxygen atoms in total. The summed E-state index contributed by atoms with van der Waals surface area (Å²) in [5.74, 6) is -0.165. The predicted molar refractivity (Wildman–Crippen MR) is 75.0 cm³/mol. The molecule has 0 atom stereocenters. The van der Waals surface area contributed by atoms with E-state index in [4.69, 9.17) is 11.6 Å². The van der Waals surface area contributed by atoms with Gasteiger partial charge in [0.15, 0.2) is 0 Å². The average molecular weight is 267 g/mol. The molecule has 1 fully saturated rings. The predicted octanol–water partition coefficient (Wildman–Crippen LogP) is 2.77. The van der Waals surface area contributed by atoms with Gasteiger partial charge in [-0.2, -0.15) is 0 Å². The zero-order valence-electron chi connectivity index (χ0n) is 10.7. The summed E-state index contributed by atoms with van der Waals surface area (Å²) < 4.78 is 0. The van der Waals surface area contributed by atoms with Crippen LogP contribution in [-0.4, -0.2) is 29.8 Å². The first-order valence-electron chi connectivity index (χ1n) is 6.37. The van der Waals surface area contributed by atoms with Crippen LogP contribution in [0.25, 0.3) is 0 Å². The van der Waals surface area contributed by atoms with Crippen LogP contribution in [0.3, 0.4) is 0 Å². The molecule has 1 amide bonds. The van der Waals surface area contributed by atoms with E-state index in [1.54, 1.807) is 0 Å². The van der Waals surface area contributed by atoms with Crippen molar-refractivity contribution in [3.8, 4) is 0 Å². The first kappa shape index (κ1) is 13.4. The topological polar surface area (TPSA) is 32.3 Å². The minimum Gasteiger partial charge on any atom is -0.325 e. The van der Waals surface area contributed by atoms with Crippen LogP contribution in [0.5, 0.6) is 0 Å². The lowest BCUT2D eigenvalue weighted by Crippen LogP contribution is -2.18. The Morgan fingerprint density at radius 2 is 2.11 bits per heavy atom. The second-order valence-corrected chi connectivity index (χ2v) is 5.08. The first-order chi connectivity index (χ1) is 8.69. The highest BCUT2D eigenvalue weighted by molar-refractivity contribution is 6.29. The van der Waals surface area contributed by atoms with Crippen LogP contribution in [0.1, 0.15) is 24.0 Å². The second-order valence-electron chi connectivity index (χ2n) is 4.81. The van der Waals surface area contributed by atoms with Crippen LogP contribution in [0.2, 0.25) is 0 Å². The Hall–Kier alpha value is -1.06. The number of benzene rings is 1. The number of likely N-dealkylation sites (tertiary alicyclic amines) is 1. The molecule has 1 heterocycles. The van der Waals surface area contributed by atoms with Crippen molar-refractivity contribution in [2.45, 2.75) is 26.3 Å². The molecule has 1 N–H and O–H groups in total. The SMILES string of the molecule is Cc1cc(CN2CCCC2)ccc1NC(=O)CCl. The molecule has 2 rings (SSSR count). The van der Waals surface area contributed by atoms with E-state index in [0.717, 1.165) is 17.8 Å². The Morgan fingerprint density at radius 3 is 2.72 bits per heavy atom. The first-order valence-corrected chi connectivity index (χ1v) is 6.90. The number of carbonyl (C=O) groups excluding carboxylic acids is 1. The summed E-state index contributed by atoms with van der Waals surface area (Å²) in [6.07, 6.45) is 2.62. The number of anilines is 1. The van der Waals surface area contributed by atoms with Crippen LogP contribution in [-0.2, 0) is 11.3 Å². The van der Waals surface area contributed by atoms with Gasteiger partial charge in [0, 0.05) is 12.2 Å². The maximum Gasteiger partial charge on any atom is 0.239 e. The van der Waals surface area contributed by atoms with Crippen molar-refractivity contribution in [2.75, 3.05) is 24.3 Å². The molecule has 0 radical (unpaired) electrons. The van der Waals surface area contributed by atoms with Gasteiger partial charge in [-0.05, 0) is 50.0 Å². The lowest BCUT2D eigenvalue weighted by Gasteiger charge is -2.16. The summed E-state index contributed by atoms with van der Waals surface area (Å²) in [5.41, 5.74) is 3.24. The fraction of sp³-hybridized carbons (Fsp3) is 0.500. The monoisotopic (exact) mass is 266 g/mol. The van der Waals surface area contributed by atoms with E-state index >= 15 is 0 Å². The quantitative estimate of drug-likeness (QED) is 0.850. The average Bonchev–Trinajstić information content (AvgIpc) is 2.85. The standard InChI is InChI=1S/C14H19ClN2O/c1-11-8-12(10-17-6-2-3-7-17)4-5-13(11)16-14(18)9-15/h4-5,8H,2-3,6-7,9-10H2,1H3,(H,16,18). The summed E-state index contributed by atoms with van der Waals surface area (Å²) in [5, 5.41) is 2.80. The number of hydrogen-bond acceptors (Lipinski definition) is 2. The fourth-order valence-electron chi connectivity index (χ4n) is 2.35. The van der Waals surface area contributed by atoms with Gasteiger partial charge in [-0.1, -0.05) is 12.1 Å². The number of hydrogen-bond donors (Lipinski definition) is 1. The molecular formula is C14H19ClN2O. The van der Waals surface area contributed by atoms with Crippen LogP contribution in [0, 0.1) is 6.92 Å². The minimum atomic E-state index is -0.160. The Kier molecular flexibility index (Phi) is 4.61. The smallest absolute Gasteiger partial charge is 0.239 e. The van der Waals surface area contributed by atoms with E-state index in [0.29, 0.717) is 0 Å². The van der Waals surface area contributed by atoms with Gasteiger partial charge < -0.3 is 5.32 Å². The van der Waals surface area contributed by atoms with E-state index in [-0.39, 0.29) is 11.8 Å². The van der Waals surface area contributed by atoms with Crippen molar-refractivity contribution in [1.29, 1.82) is 0 Å². The molecule has 98 valence electrons. The van der Waals surface area contributed by atoms with Crippen molar-refractivity contribution in [1.82, 2.24) is 4.90 Å². The van der Waals surface area contributed by atoms with Gasteiger partial charge in [0.25, 0.3) is 0 Å². The molecule has 1 aromatic rings. The van der Waals surface area contributed by atoms with E-state index in [1.165, 1.54) is 31.5 Å². The van der Waals surface area contributed by atoms with E-state index in [1.807, 2.05) is 13.0 Å². The maximum absolute atomic E-state index is 11.2. The van der Waals surface area contributed by atoms with Crippen LogP contribution in [0.15, 0.2) is 18.2 Å². The highest BCUT2D eigenvalue weighted by atomic mass is 35.5. The maximum atomic E-state index is 11.2. The third-order valence-corrected chi connectivity index (χ3v) is 3.53. The Labute approximate surface area is 113 Å². The molecule has 0 aromatic heterocycles. The highest BCUT2D eigenvalue weighted by Gasteiger charge is 2.12. The number of aryl methyl sites for hydroxylation is 1. The molecule has 0 bridgehead atoms. The summed E-state index contributed by atoms with van der Waals surface area (Å²) >= 11 is 5.48. The number of nitrogens with one attached hydrogen (secondary N) is 1. The number of halogens is 1. The molecule has 0 spiro atoms. The van der Waals surface area contributed by atoms with Gasteiger partial charge in [0.1, 0.15) is 5.88 Å². The third-order valence-electron chi connectivity index (χ3n) is 3.29. The van der Waals surface area contributed by atoms with E-state index in [9.17, 15) is 4.79 Å². The molecule has 1 aliphatic rings. The number of alkyl halides is 1. The van der Waals surface area contributed by atoms with Crippen molar-refractivity contribution < 1.29 is 4.79 Å². The molecule has 1 aromatic carbocycles. The number of rotatable bonds is 4. The van der Waals surface area contributed by atoms with Crippen molar-refractivity contribution in [3.63, 3.8) is 0 Å². The third kappa shape index (κ3) is 3.47. The van der Waals surface area contributed by atoms with Gasteiger partial charge in [0.2, 0.25) is 5.91 Å². The number of carbonyl (C=O) groups is 1. The molecule has 1 aliphatic heterocycles. The lowest BCUT2D eigenvalue weighted by atomic mass is 10.1. The fourth-order valence-corrected chi connectivity index (χ4v) is 2.41. The Morgan fingerprint density at radius 1 is 1.39 bits per heavy atom. The van der Waals surface area contributed by atoms with Crippen molar-refractivity contribution in [3.05, 3.63) is 29.3 Å². The van der Waals surface area contributed by atoms with Crippen LogP contribution < -0.4 is 5.32 Å². The molecular weight excluding hydrogens is 248 g/mol. The lowest BCUT2D eigenvalue weighted by molar-refractivity contribution is -0.113. The summed E-state index contributed by atoms with van der Waals surface area (Å²) in [7, 11) is 0. The summed E-state index contributed by atoms with van der Waals surface area (Å²) in [4.78, 5) is 13.7. The zero-order valence-corrected chi connectivity index (χ0v) is 11.5. The van der Waals surface area contributed by atoms with Crippen LogP contribution in [0.4, 0.5) is 5.69 Å². The normalized spacial score (nSPS) is 15.9. The number of nitrogens with zero attached hydrogens (tertiary/aromatic N) is 1. The van der Waals surface area contributed by atoms with Gasteiger partial charge in [-0.15, -0.1) is 11.6 Å². The summed E-state index contributed by atoms with van der Waals surface area (Å²) in [6.45, 7) is 5.41. The second kappa shape index (κ2) is 6.21. The van der Waals surface area contributed by atoms with Gasteiger partial charge >= 0.3 is 0 Å². The molecule has 0 unspecified atom stereocenters. The molecule has 0 aliphatic carbocycles.